The lowest BCUT2D eigenvalue weighted by atomic mass is 9.85. The van der Waals surface area contributed by atoms with E-state index in [2.05, 4.69) is 6.07 Å². The Morgan fingerprint density at radius 2 is 1.86 bits per heavy atom. The minimum absolute atomic E-state index is 0.143. The molecule has 1 fully saturated rings. The second-order valence-electron chi connectivity index (χ2n) is 5.78. The van der Waals surface area contributed by atoms with Crippen LogP contribution in [-0.4, -0.2) is 27.4 Å². The SMILES string of the molecule is OC1c2ccc3cc4ccccc4nc3c2C2OC2C1O. The first-order chi connectivity index (χ1) is 10.2. The molecule has 0 saturated carbocycles. The highest BCUT2D eigenvalue weighted by Gasteiger charge is 2.54. The van der Waals surface area contributed by atoms with Gasteiger partial charge in [-0.15, -0.1) is 0 Å². The molecule has 5 rings (SSSR count). The van der Waals surface area contributed by atoms with Crippen molar-refractivity contribution in [3.63, 3.8) is 0 Å². The maximum Gasteiger partial charge on any atom is 0.118 e. The van der Waals surface area contributed by atoms with Gasteiger partial charge in [-0.1, -0.05) is 30.3 Å². The van der Waals surface area contributed by atoms with Crippen molar-refractivity contribution in [2.45, 2.75) is 24.4 Å². The molecule has 0 radical (unpaired) electrons. The van der Waals surface area contributed by atoms with Crippen molar-refractivity contribution >= 4 is 21.8 Å². The molecule has 1 aliphatic carbocycles. The van der Waals surface area contributed by atoms with Gasteiger partial charge in [-0.25, -0.2) is 4.98 Å². The van der Waals surface area contributed by atoms with Crippen molar-refractivity contribution in [1.29, 1.82) is 0 Å². The molecule has 4 atom stereocenters. The zero-order valence-corrected chi connectivity index (χ0v) is 11.1. The zero-order chi connectivity index (χ0) is 14.1. The Morgan fingerprint density at radius 3 is 2.76 bits per heavy atom. The van der Waals surface area contributed by atoms with E-state index in [0.29, 0.717) is 0 Å². The number of aliphatic hydroxyl groups is 2. The first kappa shape index (κ1) is 11.6. The van der Waals surface area contributed by atoms with Crippen LogP contribution in [0.3, 0.4) is 0 Å². The summed E-state index contributed by atoms with van der Waals surface area (Å²) in [6.45, 7) is 0. The maximum absolute atomic E-state index is 10.2. The van der Waals surface area contributed by atoms with Crippen molar-refractivity contribution in [3.05, 3.63) is 53.6 Å². The lowest BCUT2D eigenvalue weighted by molar-refractivity contribution is 0.0000942. The normalized spacial score (nSPS) is 30.2. The molecule has 2 aromatic carbocycles. The number of para-hydroxylation sites is 1. The van der Waals surface area contributed by atoms with Crippen LogP contribution in [0.5, 0.6) is 0 Å². The summed E-state index contributed by atoms with van der Waals surface area (Å²) in [5.41, 5.74) is 3.46. The summed E-state index contributed by atoms with van der Waals surface area (Å²) in [4.78, 5) is 4.75. The number of nitrogens with zero attached hydrogens (tertiary/aromatic N) is 1. The highest BCUT2D eigenvalue weighted by Crippen LogP contribution is 2.52. The first-order valence-corrected chi connectivity index (χ1v) is 7.08. The monoisotopic (exact) mass is 279 g/mol. The second kappa shape index (κ2) is 3.80. The molecule has 2 aliphatic rings. The first-order valence-electron chi connectivity index (χ1n) is 7.08. The molecule has 0 bridgehead atoms. The van der Waals surface area contributed by atoms with E-state index in [1.165, 1.54) is 0 Å². The topological polar surface area (TPSA) is 65.9 Å². The van der Waals surface area contributed by atoms with Crippen LogP contribution in [0.2, 0.25) is 0 Å². The van der Waals surface area contributed by atoms with Crippen LogP contribution in [0.25, 0.3) is 21.8 Å². The number of fused-ring (bicyclic) bond motifs is 6. The van der Waals surface area contributed by atoms with E-state index in [0.717, 1.165) is 32.9 Å². The lowest BCUT2D eigenvalue weighted by Gasteiger charge is -2.24. The molecule has 1 aliphatic heterocycles. The number of epoxide rings is 1. The molecule has 0 amide bonds. The molecule has 1 aromatic heterocycles. The Balaban J connectivity index is 1.87. The van der Waals surface area contributed by atoms with Gasteiger partial charge in [0.05, 0.1) is 11.0 Å². The molecule has 2 heterocycles. The molecular weight excluding hydrogens is 266 g/mol. The molecule has 4 nitrogen and oxygen atoms in total. The van der Waals surface area contributed by atoms with Gasteiger partial charge in [-0.2, -0.15) is 0 Å². The summed E-state index contributed by atoms with van der Waals surface area (Å²) >= 11 is 0. The van der Waals surface area contributed by atoms with Crippen molar-refractivity contribution < 1.29 is 14.9 Å². The Bertz CT molecular complexity index is 892. The number of hydrogen-bond acceptors (Lipinski definition) is 4. The molecular formula is C17H13NO3. The summed E-state index contributed by atoms with van der Waals surface area (Å²) in [6.07, 6.45) is -2.19. The highest BCUT2D eigenvalue weighted by molar-refractivity contribution is 5.95. The summed E-state index contributed by atoms with van der Waals surface area (Å²) in [6, 6.07) is 13.9. The van der Waals surface area contributed by atoms with Crippen LogP contribution in [0.1, 0.15) is 23.3 Å². The third-order valence-corrected chi connectivity index (χ3v) is 4.55. The van der Waals surface area contributed by atoms with Gasteiger partial charge in [0, 0.05) is 16.3 Å². The predicted molar refractivity (Wildman–Crippen MR) is 77.8 cm³/mol. The van der Waals surface area contributed by atoms with Crippen LogP contribution >= 0.6 is 0 Å². The van der Waals surface area contributed by atoms with Gasteiger partial charge in [0.1, 0.15) is 24.4 Å². The quantitative estimate of drug-likeness (QED) is 0.489. The van der Waals surface area contributed by atoms with Gasteiger partial charge >= 0.3 is 0 Å². The minimum atomic E-state index is -0.901. The van der Waals surface area contributed by atoms with Crippen LogP contribution in [0.15, 0.2) is 42.5 Å². The van der Waals surface area contributed by atoms with E-state index >= 15 is 0 Å². The maximum atomic E-state index is 10.2. The summed E-state index contributed by atoms with van der Waals surface area (Å²) < 4.78 is 5.56. The fraction of sp³-hybridized carbons (Fsp3) is 0.235. The minimum Gasteiger partial charge on any atom is -0.387 e. The summed E-state index contributed by atoms with van der Waals surface area (Å²) in [7, 11) is 0. The molecule has 1 saturated heterocycles. The second-order valence-corrected chi connectivity index (χ2v) is 5.78. The van der Waals surface area contributed by atoms with Gasteiger partial charge in [-0.05, 0) is 17.7 Å². The third kappa shape index (κ3) is 1.47. The van der Waals surface area contributed by atoms with E-state index in [4.69, 9.17) is 9.72 Å². The van der Waals surface area contributed by atoms with Gasteiger partial charge in [0.2, 0.25) is 0 Å². The Labute approximate surface area is 120 Å². The van der Waals surface area contributed by atoms with E-state index in [-0.39, 0.29) is 12.2 Å². The fourth-order valence-corrected chi connectivity index (χ4v) is 3.42. The average Bonchev–Trinajstić information content (AvgIpc) is 3.30. The smallest absolute Gasteiger partial charge is 0.118 e. The molecule has 4 heteroatoms. The summed E-state index contributed by atoms with van der Waals surface area (Å²) in [5, 5.41) is 22.3. The molecule has 104 valence electrons. The average molecular weight is 279 g/mol. The van der Waals surface area contributed by atoms with E-state index < -0.39 is 12.2 Å². The number of rotatable bonds is 0. The molecule has 2 N–H and O–H groups in total. The van der Waals surface area contributed by atoms with Crippen molar-refractivity contribution in [3.8, 4) is 0 Å². The third-order valence-electron chi connectivity index (χ3n) is 4.55. The number of aliphatic hydroxyl groups excluding tert-OH is 2. The van der Waals surface area contributed by atoms with Crippen LogP contribution in [0, 0.1) is 0 Å². The Hall–Kier alpha value is -2.01. The fourth-order valence-electron chi connectivity index (χ4n) is 3.42. The van der Waals surface area contributed by atoms with Gasteiger partial charge in [0.15, 0.2) is 0 Å². The van der Waals surface area contributed by atoms with E-state index in [1.54, 1.807) is 0 Å². The molecule has 4 unspecified atom stereocenters. The van der Waals surface area contributed by atoms with Crippen molar-refractivity contribution in [2.24, 2.45) is 0 Å². The molecule has 21 heavy (non-hydrogen) atoms. The van der Waals surface area contributed by atoms with E-state index in [1.807, 2.05) is 36.4 Å². The predicted octanol–water partition coefficient (Wildman–Crippen LogP) is 2.24. The largest absolute Gasteiger partial charge is 0.387 e. The van der Waals surface area contributed by atoms with Crippen molar-refractivity contribution in [1.82, 2.24) is 4.98 Å². The van der Waals surface area contributed by atoms with Crippen molar-refractivity contribution in [2.75, 3.05) is 0 Å². The van der Waals surface area contributed by atoms with Crippen LogP contribution in [0.4, 0.5) is 0 Å². The number of hydrogen-bond donors (Lipinski definition) is 2. The highest BCUT2D eigenvalue weighted by atomic mass is 16.6. The zero-order valence-electron chi connectivity index (χ0n) is 11.1. The van der Waals surface area contributed by atoms with Crippen LogP contribution in [-0.2, 0) is 4.74 Å². The molecule has 3 aromatic rings. The standard InChI is InChI=1S/C17H13NO3/c19-14-10-6-5-9-7-8-3-1-2-4-11(8)18-13(9)12(10)16-17(21-16)15(14)20/h1-7,14-17,19-20H. The summed E-state index contributed by atoms with van der Waals surface area (Å²) in [5.74, 6) is 0. The van der Waals surface area contributed by atoms with Gasteiger partial charge < -0.3 is 14.9 Å². The number of benzene rings is 2. The van der Waals surface area contributed by atoms with Gasteiger partial charge in [-0.3, -0.25) is 0 Å². The number of ether oxygens (including phenoxy) is 1. The van der Waals surface area contributed by atoms with E-state index in [9.17, 15) is 10.2 Å². The Kier molecular flexibility index (Phi) is 2.10. The lowest BCUT2D eigenvalue weighted by Crippen LogP contribution is -2.29. The van der Waals surface area contributed by atoms with Gasteiger partial charge in [0.25, 0.3) is 0 Å². The number of aromatic nitrogens is 1. The molecule has 0 spiro atoms. The number of pyridine rings is 1. The van der Waals surface area contributed by atoms with Crippen LogP contribution < -0.4 is 0 Å². The Morgan fingerprint density at radius 1 is 1.00 bits per heavy atom.